The molecule has 0 bridgehead atoms. The summed E-state index contributed by atoms with van der Waals surface area (Å²) in [6, 6.07) is 31.6. The number of hydrogen-bond donors (Lipinski definition) is 2. The zero-order chi connectivity index (χ0) is 31.4. The van der Waals surface area contributed by atoms with Crippen LogP contribution in [0.4, 0.5) is 4.79 Å². The van der Waals surface area contributed by atoms with E-state index in [1.165, 1.54) is 0 Å². The zero-order valence-electron chi connectivity index (χ0n) is 24.2. The van der Waals surface area contributed by atoms with Gasteiger partial charge in [-0.25, -0.2) is 4.79 Å². The molecule has 0 saturated carbocycles. The third kappa shape index (κ3) is 8.60. The largest absolute Gasteiger partial charge is 0.461 e. The smallest absolute Gasteiger partial charge is 0.408 e. The molecule has 0 aliphatic heterocycles. The van der Waals surface area contributed by atoms with Gasteiger partial charge in [-0.3, -0.25) is 14.4 Å². The maximum Gasteiger partial charge on any atom is 0.408 e. The van der Waals surface area contributed by atoms with E-state index in [-0.39, 0.29) is 19.6 Å². The van der Waals surface area contributed by atoms with Crippen molar-refractivity contribution in [3.8, 4) is 0 Å². The van der Waals surface area contributed by atoms with Crippen LogP contribution < -0.4 is 10.6 Å². The van der Waals surface area contributed by atoms with E-state index in [0.717, 1.165) is 21.4 Å². The van der Waals surface area contributed by atoms with E-state index in [2.05, 4.69) is 20.9 Å². The van der Waals surface area contributed by atoms with E-state index in [1.807, 2.05) is 54.6 Å². The van der Waals surface area contributed by atoms with E-state index in [9.17, 15) is 19.2 Å². The van der Waals surface area contributed by atoms with Gasteiger partial charge in [-0.15, -0.1) is 5.10 Å². The molecule has 1 aromatic heterocycles. The number of carbonyl (C=O) groups is 4. The van der Waals surface area contributed by atoms with Crippen molar-refractivity contribution in [2.24, 2.45) is 0 Å². The Kier molecular flexibility index (Phi) is 10.2. The Morgan fingerprint density at radius 1 is 0.644 bits per heavy atom. The minimum atomic E-state index is -1.41. The summed E-state index contributed by atoms with van der Waals surface area (Å²) in [4.78, 5) is 53.1. The molecule has 0 spiro atoms. The molecule has 1 heterocycles. The molecule has 45 heavy (non-hydrogen) atoms. The number of carbonyl (C=O) groups excluding carboxylic acids is 4. The maximum absolute atomic E-state index is 13.8. The monoisotopic (exact) mass is 605 g/mol. The maximum atomic E-state index is 13.8. The predicted molar refractivity (Wildman–Crippen MR) is 165 cm³/mol. The van der Waals surface area contributed by atoms with E-state index in [1.54, 1.807) is 60.7 Å². The molecule has 5 rings (SSSR count). The topological polar surface area (TPSA) is 142 Å². The number of nitrogens with zero attached hydrogens (tertiary/aromatic N) is 3. The first-order valence-corrected chi connectivity index (χ1v) is 14.3. The van der Waals surface area contributed by atoms with Crippen LogP contribution in [-0.2, 0) is 38.7 Å². The molecular formula is C34H31N5O6. The van der Waals surface area contributed by atoms with Gasteiger partial charge in [-0.2, -0.15) is 4.68 Å². The number of hydrogen-bond acceptors (Lipinski definition) is 8. The van der Waals surface area contributed by atoms with Crippen molar-refractivity contribution in [1.82, 2.24) is 25.6 Å². The van der Waals surface area contributed by atoms with Crippen molar-refractivity contribution in [1.29, 1.82) is 0 Å². The number of esters is 1. The molecule has 11 heteroatoms. The second-order valence-corrected chi connectivity index (χ2v) is 10.2. The number of benzene rings is 4. The van der Waals surface area contributed by atoms with E-state index < -0.39 is 42.4 Å². The number of rotatable bonds is 12. The van der Waals surface area contributed by atoms with Crippen molar-refractivity contribution in [2.45, 2.75) is 38.1 Å². The Morgan fingerprint density at radius 2 is 1.20 bits per heavy atom. The van der Waals surface area contributed by atoms with Crippen LogP contribution in [0.3, 0.4) is 0 Å². The van der Waals surface area contributed by atoms with Gasteiger partial charge in [0.1, 0.15) is 30.8 Å². The molecule has 5 aromatic rings. The zero-order valence-corrected chi connectivity index (χ0v) is 24.2. The molecular weight excluding hydrogens is 574 g/mol. The Hall–Kier alpha value is -5.84. The summed E-state index contributed by atoms with van der Waals surface area (Å²) in [5.41, 5.74) is 3.26. The van der Waals surface area contributed by atoms with Crippen LogP contribution in [0.25, 0.3) is 11.0 Å². The normalized spacial score (nSPS) is 12.1. The summed E-state index contributed by atoms with van der Waals surface area (Å²) >= 11 is 0. The minimum Gasteiger partial charge on any atom is -0.461 e. The number of alkyl carbamates (subject to hydrolysis) is 1. The van der Waals surface area contributed by atoms with Crippen molar-refractivity contribution >= 4 is 34.9 Å². The van der Waals surface area contributed by atoms with Gasteiger partial charge >= 0.3 is 12.1 Å². The molecule has 228 valence electrons. The molecule has 0 radical (unpaired) electrons. The first kappa shape index (κ1) is 30.6. The van der Waals surface area contributed by atoms with Crippen LogP contribution in [0.15, 0.2) is 115 Å². The van der Waals surface area contributed by atoms with Gasteiger partial charge in [0.05, 0.1) is 11.9 Å². The summed E-state index contributed by atoms with van der Waals surface area (Å²) < 4.78 is 11.8. The quantitative estimate of drug-likeness (QED) is 0.201. The van der Waals surface area contributed by atoms with Crippen molar-refractivity contribution in [2.75, 3.05) is 0 Å². The van der Waals surface area contributed by atoms with Crippen molar-refractivity contribution in [3.05, 3.63) is 132 Å². The number of para-hydroxylation sites is 1. The highest BCUT2D eigenvalue weighted by atomic mass is 16.5. The van der Waals surface area contributed by atoms with Crippen LogP contribution in [0.5, 0.6) is 0 Å². The number of nitrogens with one attached hydrogen (secondary N) is 2. The summed E-state index contributed by atoms with van der Waals surface area (Å²) in [6.45, 7) is -0.0606. The van der Waals surface area contributed by atoms with Gasteiger partial charge in [-0.1, -0.05) is 108 Å². The van der Waals surface area contributed by atoms with Gasteiger partial charge in [0, 0.05) is 6.42 Å². The van der Waals surface area contributed by atoms with Crippen LogP contribution >= 0.6 is 0 Å². The highest BCUT2D eigenvalue weighted by Gasteiger charge is 2.31. The molecule has 4 aromatic carbocycles. The van der Waals surface area contributed by atoms with Gasteiger partial charge < -0.3 is 20.1 Å². The first-order chi connectivity index (χ1) is 22.0. The van der Waals surface area contributed by atoms with Crippen LogP contribution in [0.1, 0.15) is 27.9 Å². The first-order valence-electron chi connectivity index (χ1n) is 14.3. The van der Waals surface area contributed by atoms with Gasteiger partial charge in [0.2, 0.25) is 5.91 Å². The van der Waals surface area contributed by atoms with Crippen LogP contribution in [0, 0.1) is 0 Å². The van der Waals surface area contributed by atoms with E-state index in [0.29, 0.717) is 11.0 Å². The fraction of sp³-hybridized carbons (Fsp3) is 0.176. The third-order valence-corrected chi connectivity index (χ3v) is 6.89. The lowest BCUT2D eigenvalue weighted by Gasteiger charge is -2.22. The Bertz CT molecular complexity index is 1690. The lowest BCUT2D eigenvalue weighted by Crippen LogP contribution is -2.54. The Morgan fingerprint density at radius 3 is 1.84 bits per heavy atom. The highest BCUT2D eigenvalue weighted by molar-refractivity contribution is 5.96. The lowest BCUT2D eigenvalue weighted by atomic mass is 10.0. The van der Waals surface area contributed by atoms with Gasteiger partial charge in [0.15, 0.2) is 0 Å². The molecule has 2 N–H and O–H groups in total. The van der Waals surface area contributed by atoms with E-state index in [4.69, 9.17) is 9.47 Å². The second-order valence-electron chi connectivity index (χ2n) is 10.2. The average molecular weight is 606 g/mol. The van der Waals surface area contributed by atoms with Crippen LogP contribution in [-0.4, -0.2) is 51.0 Å². The average Bonchev–Trinajstić information content (AvgIpc) is 3.51. The fourth-order valence-electron chi connectivity index (χ4n) is 4.58. The second kappa shape index (κ2) is 15.1. The molecule has 11 nitrogen and oxygen atoms in total. The SMILES string of the molecule is O=C(C[C@H](NC(=O)OCc1ccccc1)C(=O)N[C@@H](Cc1ccccc1)C(=O)n1nnc2ccccc21)OCc1ccccc1. The van der Waals surface area contributed by atoms with Gasteiger partial charge in [0.25, 0.3) is 5.91 Å². The highest BCUT2D eigenvalue weighted by Crippen LogP contribution is 2.13. The molecule has 0 unspecified atom stereocenters. The predicted octanol–water partition coefficient (Wildman–Crippen LogP) is 4.23. The van der Waals surface area contributed by atoms with Crippen molar-refractivity contribution in [3.63, 3.8) is 0 Å². The number of amides is 2. The molecule has 0 saturated heterocycles. The standard InChI is InChI=1S/C34H31N5O6/c40-31(44-22-25-14-6-2-7-15-25)21-28(36-34(43)45-23-26-16-8-3-9-17-26)32(41)35-29(20-24-12-4-1-5-13-24)33(42)39-30-19-11-10-18-27(30)37-38-39/h1-19,28-29H,20-23H2,(H,35,41)(H,36,43)/t28-,29-/m0/s1. The summed E-state index contributed by atoms with van der Waals surface area (Å²) in [5, 5.41) is 13.3. The summed E-state index contributed by atoms with van der Waals surface area (Å²) in [5.74, 6) is -2.05. The molecule has 2 amide bonds. The number of ether oxygens (including phenoxy) is 2. The minimum absolute atomic E-state index is 0.0129. The molecule has 0 aliphatic carbocycles. The summed E-state index contributed by atoms with van der Waals surface area (Å²) in [7, 11) is 0. The third-order valence-electron chi connectivity index (χ3n) is 6.89. The number of fused-ring (bicyclic) bond motifs is 1. The fourth-order valence-corrected chi connectivity index (χ4v) is 4.58. The van der Waals surface area contributed by atoms with Crippen LogP contribution in [0.2, 0.25) is 0 Å². The molecule has 0 aliphatic rings. The van der Waals surface area contributed by atoms with Crippen molar-refractivity contribution < 1.29 is 28.7 Å². The Balaban J connectivity index is 1.34. The Labute approximate surface area is 259 Å². The molecule has 2 atom stereocenters. The van der Waals surface area contributed by atoms with E-state index >= 15 is 0 Å². The number of aromatic nitrogens is 3. The molecule has 0 fully saturated rings. The lowest BCUT2D eigenvalue weighted by molar-refractivity contribution is -0.147. The summed E-state index contributed by atoms with van der Waals surface area (Å²) in [6.07, 6.45) is -1.30. The van der Waals surface area contributed by atoms with Gasteiger partial charge in [-0.05, 0) is 28.8 Å².